The molecule has 2 aliphatic rings. The van der Waals surface area contributed by atoms with E-state index in [1.165, 1.54) is 4.57 Å². The predicted molar refractivity (Wildman–Crippen MR) is 91.3 cm³/mol. The number of rotatable bonds is 4. The lowest BCUT2D eigenvalue weighted by Gasteiger charge is -2.38. The van der Waals surface area contributed by atoms with Gasteiger partial charge in [-0.2, -0.15) is 0 Å². The van der Waals surface area contributed by atoms with Crippen molar-refractivity contribution in [3.05, 3.63) is 46.1 Å². The van der Waals surface area contributed by atoms with Gasteiger partial charge in [0.05, 0.1) is 18.8 Å². The molecular formula is C17H20N6O3. The fourth-order valence-corrected chi connectivity index (χ4v) is 3.35. The van der Waals surface area contributed by atoms with E-state index in [2.05, 4.69) is 10.3 Å². The molecule has 2 aromatic rings. The maximum absolute atomic E-state index is 12.5. The molecule has 4 heterocycles. The van der Waals surface area contributed by atoms with E-state index in [-0.39, 0.29) is 29.0 Å². The zero-order valence-corrected chi connectivity index (χ0v) is 14.5. The van der Waals surface area contributed by atoms with E-state index in [0.717, 1.165) is 18.7 Å². The molecule has 0 saturated carbocycles. The summed E-state index contributed by atoms with van der Waals surface area (Å²) in [5, 5.41) is 8.26. The smallest absolute Gasteiger partial charge is 0.263 e. The minimum atomic E-state index is -0.292. The SMILES string of the molecule is Cn1cccc(C(=O)N2CC(n3cc(CN4CCCC4=O)nn3)C2)c1=O. The highest BCUT2D eigenvalue weighted by Gasteiger charge is 2.34. The van der Waals surface area contributed by atoms with Crippen molar-refractivity contribution in [3.63, 3.8) is 0 Å². The first kappa shape index (κ1) is 16.5. The first-order valence-electron chi connectivity index (χ1n) is 8.66. The van der Waals surface area contributed by atoms with Crippen LogP contribution in [0.3, 0.4) is 0 Å². The summed E-state index contributed by atoms with van der Waals surface area (Å²) in [7, 11) is 1.63. The van der Waals surface area contributed by atoms with Gasteiger partial charge in [0.2, 0.25) is 5.91 Å². The van der Waals surface area contributed by atoms with Crippen molar-refractivity contribution in [2.75, 3.05) is 19.6 Å². The Morgan fingerprint density at radius 2 is 2.12 bits per heavy atom. The Hall–Kier alpha value is -2.97. The van der Waals surface area contributed by atoms with Gasteiger partial charge in [-0.15, -0.1) is 5.10 Å². The van der Waals surface area contributed by atoms with Gasteiger partial charge in [0.25, 0.3) is 11.5 Å². The summed E-state index contributed by atoms with van der Waals surface area (Å²) in [6.45, 7) is 2.22. The third kappa shape index (κ3) is 2.89. The van der Waals surface area contributed by atoms with Crippen LogP contribution in [0, 0.1) is 0 Å². The van der Waals surface area contributed by atoms with Crippen molar-refractivity contribution in [3.8, 4) is 0 Å². The van der Waals surface area contributed by atoms with E-state index in [9.17, 15) is 14.4 Å². The maximum Gasteiger partial charge on any atom is 0.263 e. The minimum absolute atomic E-state index is 0.0436. The van der Waals surface area contributed by atoms with Crippen molar-refractivity contribution in [2.24, 2.45) is 7.05 Å². The minimum Gasteiger partial charge on any atom is -0.337 e. The Balaban J connectivity index is 1.37. The van der Waals surface area contributed by atoms with E-state index < -0.39 is 0 Å². The maximum atomic E-state index is 12.5. The van der Waals surface area contributed by atoms with Gasteiger partial charge in [-0.05, 0) is 18.6 Å². The monoisotopic (exact) mass is 356 g/mol. The number of carbonyl (C=O) groups excluding carboxylic acids is 2. The van der Waals surface area contributed by atoms with Crippen molar-refractivity contribution in [2.45, 2.75) is 25.4 Å². The molecule has 0 spiro atoms. The molecule has 0 radical (unpaired) electrons. The second kappa shape index (κ2) is 6.40. The summed E-state index contributed by atoms with van der Waals surface area (Å²) in [5.74, 6) is -0.102. The van der Waals surface area contributed by atoms with Gasteiger partial charge in [-0.1, -0.05) is 5.21 Å². The number of hydrogen-bond acceptors (Lipinski definition) is 5. The third-order valence-corrected chi connectivity index (χ3v) is 4.96. The van der Waals surface area contributed by atoms with Gasteiger partial charge >= 0.3 is 0 Å². The molecule has 2 amide bonds. The zero-order valence-electron chi connectivity index (χ0n) is 14.5. The molecule has 0 unspecified atom stereocenters. The Kier molecular flexibility index (Phi) is 4.06. The molecule has 9 nitrogen and oxygen atoms in total. The molecule has 0 aromatic carbocycles. The van der Waals surface area contributed by atoms with Crippen LogP contribution in [0.2, 0.25) is 0 Å². The highest BCUT2D eigenvalue weighted by molar-refractivity contribution is 5.94. The van der Waals surface area contributed by atoms with E-state index in [1.54, 1.807) is 39.9 Å². The number of likely N-dealkylation sites (tertiary alicyclic amines) is 2. The summed E-state index contributed by atoms with van der Waals surface area (Å²) in [4.78, 5) is 39.6. The average Bonchev–Trinajstić information content (AvgIpc) is 3.19. The Morgan fingerprint density at radius 3 is 2.85 bits per heavy atom. The normalized spacial score (nSPS) is 17.7. The summed E-state index contributed by atoms with van der Waals surface area (Å²) in [5.41, 5.74) is 0.640. The standard InChI is InChI=1S/C17H20N6O3/c1-20-6-2-4-14(16(20)25)17(26)22-10-13(11-22)23-9-12(18-19-23)8-21-7-3-5-15(21)24/h2,4,6,9,13H,3,5,7-8,10-11H2,1H3. The Bertz CT molecular complexity index is 911. The van der Waals surface area contributed by atoms with Crippen LogP contribution in [0.15, 0.2) is 29.3 Å². The van der Waals surface area contributed by atoms with Gasteiger partial charge in [-0.25, -0.2) is 4.68 Å². The molecular weight excluding hydrogens is 336 g/mol. The Morgan fingerprint density at radius 1 is 1.31 bits per heavy atom. The van der Waals surface area contributed by atoms with Gasteiger partial charge in [0.15, 0.2) is 0 Å². The molecule has 0 N–H and O–H groups in total. The molecule has 2 aliphatic heterocycles. The largest absolute Gasteiger partial charge is 0.337 e. The van der Waals surface area contributed by atoms with Crippen LogP contribution in [0.25, 0.3) is 0 Å². The predicted octanol–water partition coefficient (Wildman–Crippen LogP) is -0.204. The van der Waals surface area contributed by atoms with E-state index in [4.69, 9.17) is 0 Å². The van der Waals surface area contributed by atoms with Crippen molar-refractivity contribution in [1.82, 2.24) is 29.4 Å². The van der Waals surface area contributed by atoms with Crippen molar-refractivity contribution in [1.29, 1.82) is 0 Å². The van der Waals surface area contributed by atoms with Crippen LogP contribution >= 0.6 is 0 Å². The molecule has 9 heteroatoms. The number of carbonyl (C=O) groups is 2. The van der Waals surface area contributed by atoms with Crippen LogP contribution in [-0.2, 0) is 18.4 Å². The first-order valence-corrected chi connectivity index (χ1v) is 8.66. The van der Waals surface area contributed by atoms with E-state index in [0.29, 0.717) is 26.1 Å². The summed E-state index contributed by atoms with van der Waals surface area (Å²) in [6, 6.07) is 3.29. The van der Waals surface area contributed by atoms with Crippen molar-refractivity contribution >= 4 is 11.8 Å². The lowest BCUT2D eigenvalue weighted by Crippen LogP contribution is -2.52. The van der Waals surface area contributed by atoms with Crippen molar-refractivity contribution < 1.29 is 9.59 Å². The molecule has 2 saturated heterocycles. The second-order valence-electron chi connectivity index (χ2n) is 6.81. The average molecular weight is 356 g/mol. The number of amides is 2. The highest BCUT2D eigenvalue weighted by Crippen LogP contribution is 2.22. The number of aromatic nitrogens is 4. The van der Waals surface area contributed by atoms with E-state index in [1.807, 2.05) is 6.20 Å². The van der Waals surface area contributed by atoms with Crippen LogP contribution in [0.1, 0.15) is 34.9 Å². The molecule has 26 heavy (non-hydrogen) atoms. The topological polar surface area (TPSA) is 93.3 Å². The van der Waals surface area contributed by atoms with Gasteiger partial charge in [-0.3, -0.25) is 14.4 Å². The summed E-state index contributed by atoms with van der Waals surface area (Å²) < 4.78 is 3.14. The first-order chi connectivity index (χ1) is 12.5. The number of nitrogens with zero attached hydrogens (tertiary/aromatic N) is 6. The van der Waals surface area contributed by atoms with Gasteiger partial charge in [0, 0.05) is 39.3 Å². The zero-order chi connectivity index (χ0) is 18.3. The second-order valence-corrected chi connectivity index (χ2v) is 6.81. The number of aryl methyl sites for hydroxylation is 1. The molecule has 2 aromatic heterocycles. The molecule has 2 fully saturated rings. The van der Waals surface area contributed by atoms with Gasteiger partial charge in [0.1, 0.15) is 11.3 Å². The lowest BCUT2D eigenvalue weighted by atomic mass is 10.1. The van der Waals surface area contributed by atoms with Crippen LogP contribution in [0.5, 0.6) is 0 Å². The molecule has 0 bridgehead atoms. The fourth-order valence-electron chi connectivity index (χ4n) is 3.35. The van der Waals surface area contributed by atoms with Crippen LogP contribution in [-0.4, -0.2) is 60.8 Å². The number of hydrogen-bond donors (Lipinski definition) is 0. The molecule has 136 valence electrons. The van der Waals surface area contributed by atoms with Crippen LogP contribution < -0.4 is 5.56 Å². The quantitative estimate of drug-likeness (QED) is 0.756. The summed E-state index contributed by atoms with van der Waals surface area (Å²) >= 11 is 0. The molecule has 4 rings (SSSR count). The number of pyridine rings is 1. The third-order valence-electron chi connectivity index (χ3n) is 4.96. The Labute approximate surface area is 149 Å². The van der Waals surface area contributed by atoms with Crippen LogP contribution in [0.4, 0.5) is 0 Å². The lowest BCUT2D eigenvalue weighted by molar-refractivity contribution is -0.128. The molecule has 0 atom stereocenters. The van der Waals surface area contributed by atoms with Gasteiger partial charge < -0.3 is 14.4 Å². The van der Waals surface area contributed by atoms with E-state index >= 15 is 0 Å². The molecule has 0 aliphatic carbocycles. The highest BCUT2D eigenvalue weighted by atomic mass is 16.2. The fraction of sp³-hybridized carbons (Fsp3) is 0.471. The summed E-state index contributed by atoms with van der Waals surface area (Å²) in [6.07, 6.45) is 4.96.